The van der Waals surface area contributed by atoms with Crippen LogP contribution in [0.4, 0.5) is 5.13 Å². The molecule has 0 fully saturated rings. The van der Waals surface area contributed by atoms with Crippen LogP contribution < -0.4 is 5.32 Å². The third kappa shape index (κ3) is 5.58. The van der Waals surface area contributed by atoms with Crippen LogP contribution in [0, 0.1) is 6.92 Å². The Hall–Kier alpha value is -1.84. The van der Waals surface area contributed by atoms with Crippen LogP contribution >= 0.6 is 34.4 Å². The maximum atomic E-state index is 12.2. The molecule has 0 aromatic carbocycles. The Kier molecular flexibility index (Phi) is 6.70. The van der Waals surface area contributed by atoms with Gasteiger partial charge in [0.05, 0.1) is 12.3 Å². The summed E-state index contributed by atoms with van der Waals surface area (Å²) in [6.45, 7) is 3.19. The molecule has 0 saturated carbocycles. The first-order valence-electron chi connectivity index (χ1n) is 8.12. The Bertz CT molecular complexity index is 829. The predicted octanol–water partition coefficient (Wildman–Crippen LogP) is 3.91. The summed E-state index contributed by atoms with van der Waals surface area (Å²) in [7, 11) is 1.78. The SMILES string of the molecule is Cc1ccc(CN(C)C(=O)CSc2nnc(NCCc3cccs3)s2)o1. The van der Waals surface area contributed by atoms with E-state index in [1.165, 1.54) is 28.0 Å². The van der Waals surface area contributed by atoms with Crippen LogP contribution in [0.25, 0.3) is 0 Å². The Morgan fingerprint density at radius 3 is 2.96 bits per heavy atom. The number of thioether (sulfide) groups is 1. The van der Waals surface area contributed by atoms with Crippen molar-refractivity contribution in [2.75, 3.05) is 24.7 Å². The van der Waals surface area contributed by atoms with Gasteiger partial charge in [-0.15, -0.1) is 21.5 Å². The third-order valence-electron chi connectivity index (χ3n) is 3.57. The second-order valence-electron chi connectivity index (χ2n) is 5.68. The number of furan rings is 1. The van der Waals surface area contributed by atoms with E-state index in [4.69, 9.17) is 4.42 Å². The maximum Gasteiger partial charge on any atom is 0.233 e. The molecule has 3 aromatic rings. The first-order chi connectivity index (χ1) is 12.6. The summed E-state index contributed by atoms with van der Waals surface area (Å²) < 4.78 is 6.30. The number of amides is 1. The molecular formula is C17H20N4O2S3. The zero-order valence-electron chi connectivity index (χ0n) is 14.6. The number of hydrogen-bond donors (Lipinski definition) is 1. The monoisotopic (exact) mass is 408 g/mol. The van der Waals surface area contributed by atoms with Crippen molar-refractivity contribution in [3.05, 3.63) is 46.0 Å². The predicted molar refractivity (Wildman–Crippen MR) is 107 cm³/mol. The van der Waals surface area contributed by atoms with E-state index in [-0.39, 0.29) is 5.91 Å². The molecule has 0 atom stereocenters. The molecule has 9 heteroatoms. The van der Waals surface area contributed by atoms with Gasteiger partial charge in [-0.25, -0.2) is 0 Å². The zero-order valence-corrected chi connectivity index (χ0v) is 17.0. The fourth-order valence-electron chi connectivity index (χ4n) is 2.21. The van der Waals surface area contributed by atoms with E-state index in [0.717, 1.165) is 34.0 Å². The van der Waals surface area contributed by atoms with E-state index < -0.39 is 0 Å². The van der Waals surface area contributed by atoms with E-state index >= 15 is 0 Å². The largest absolute Gasteiger partial charge is 0.464 e. The number of nitrogens with one attached hydrogen (secondary N) is 1. The summed E-state index contributed by atoms with van der Waals surface area (Å²) in [5, 5.41) is 14.4. The third-order valence-corrected chi connectivity index (χ3v) is 6.50. The van der Waals surface area contributed by atoms with Gasteiger partial charge >= 0.3 is 0 Å². The lowest BCUT2D eigenvalue weighted by Crippen LogP contribution is -2.27. The summed E-state index contributed by atoms with van der Waals surface area (Å²) in [6.07, 6.45) is 0.968. The van der Waals surface area contributed by atoms with Gasteiger partial charge in [0.1, 0.15) is 11.5 Å². The molecular weight excluding hydrogens is 388 g/mol. The summed E-state index contributed by atoms with van der Waals surface area (Å²) >= 11 is 4.64. The number of carbonyl (C=O) groups excluding carboxylic acids is 1. The fraction of sp³-hybridized carbons (Fsp3) is 0.353. The lowest BCUT2D eigenvalue weighted by molar-refractivity contribution is -0.127. The molecule has 1 amide bonds. The Balaban J connectivity index is 1.40. The number of nitrogens with zero attached hydrogens (tertiary/aromatic N) is 3. The normalized spacial score (nSPS) is 10.8. The Labute approximate surface area is 164 Å². The number of thiophene rings is 1. The first kappa shape index (κ1) is 18.9. The average molecular weight is 409 g/mol. The molecule has 0 aliphatic heterocycles. The van der Waals surface area contributed by atoms with Crippen LogP contribution in [-0.2, 0) is 17.8 Å². The minimum Gasteiger partial charge on any atom is -0.464 e. The van der Waals surface area contributed by atoms with Crippen molar-refractivity contribution in [2.45, 2.75) is 24.2 Å². The highest BCUT2D eigenvalue weighted by Gasteiger charge is 2.13. The molecule has 138 valence electrons. The van der Waals surface area contributed by atoms with Gasteiger partial charge in [-0.2, -0.15) is 0 Å². The molecule has 0 aliphatic rings. The Morgan fingerprint density at radius 1 is 1.35 bits per heavy atom. The first-order valence-corrected chi connectivity index (χ1v) is 10.8. The van der Waals surface area contributed by atoms with Crippen LogP contribution in [0.5, 0.6) is 0 Å². The quantitative estimate of drug-likeness (QED) is 0.541. The maximum absolute atomic E-state index is 12.2. The van der Waals surface area contributed by atoms with Crippen molar-refractivity contribution >= 4 is 45.5 Å². The zero-order chi connectivity index (χ0) is 18.4. The molecule has 26 heavy (non-hydrogen) atoms. The van der Waals surface area contributed by atoms with Crippen LogP contribution in [0.15, 0.2) is 38.4 Å². The van der Waals surface area contributed by atoms with E-state index in [2.05, 4.69) is 33.0 Å². The number of aromatic nitrogens is 2. The lowest BCUT2D eigenvalue weighted by Gasteiger charge is -2.14. The number of anilines is 1. The highest BCUT2D eigenvalue weighted by atomic mass is 32.2. The summed E-state index contributed by atoms with van der Waals surface area (Å²) in [6, 6.07) is 7.97. The molecule has 0 bridgehead atoms. The second kappa shape index (κ2) is 9.20. The van der Waals surface area contributed by atoms with Crippen molar-refractivity contribution in [2.24, 2.45) is 0 Å². The standard InChI is InChI=1S/C17H20N4O2S3/c1-12-5-6-13(23-12)10-21(2)15(22)11-25-17-20-19-16(26-17)18-8-7-14-4-3-9-24-14/h3-6,9H,7-8,10-11H2,1-2H3,(H,18,19). The van der Waals surface area contributed by atoms with Crippen molar-refractivity contribution in [3.8, 4) is 0 Å². The minimum atomic E-state index is 0.0338. The van der Waals surface area contributed by atoms with Gasteiger partial charge in [0, 0.05) is 18.5 Å². The highest BCUT2D eigenvalue weighted by Crippen LogP contribution is 2.25. The van der Waals surface area contributed by atoms with E-state index in [0.29, 0.717) is 12.3 Å². The summed E-state index contributed by atoms with van der Waals surface area (Å²) in [5.74, 6) is 2.01. The van der Waals surface area contributed by atoms with Gasteiger partial charge in [0.15, 0.2) is 4.34 Å². The van der Waals surface area contributed by atoms with Crippen LogP contribution in [0.2, 0.25) is 0 Å². The molecule has 6 nitrogen and oxygen atoms in total. The van der Waals surface area contributed by atoms with E-state index in [1.54, 1.807) is 23.3 Å². The number of carbonyl (C=O) groups is 1. The molecule has 3 heterocycles. The van der Waals surface area contributed by atoms with Crippen LogP contribution in [0.1, 0.15) is 16.4 Å². The van der Waals surface area contributed by atoms with Crippen molar-refractivity contribution < 1.29 is 9.21 Å². The van der Waals surface area contributed by atoms with Gasteiger partial charge in [-0.3, -0.25) is 4.79 Å². The topological polar surface area (TPSA) is 71.3 Å². The number of hydrogen-bond acceptors (Lipinski definition) is 8. The summed E-state index contributed by atoms with van der Waals surface area (Å²) in [5.41, 5.74) is 0. The smallest absolute Gasteiger partial charge is 0.233 e. The van der Waals surface area contributed by atoms with Crippen LogP contribution in [-0.4, -0.2) is 40.3 Å². The number of rotatable bonds is 9. The molecule has 1 N–H and O–H groups in total. The van der Waals surface area contributed by atoms with Gasteiger partial charge < -0.3 is 14.6 Å². The second-order valence-corrected chi connectivity index (χ2v) is 8.91. The molecule has 0 unspecified atom stereocenters. The lowest BCUT2D eigenvalue weighted by atomic mass is 10.3. The average Bonchev–Trinajstić information content (AvgIpc) is 3.36. The van der Waals surface area contributed by atoms with Gasteiger partial charge in [0.2, 0.25) is 11.0 Å². The number of aryl methyl sites for hydroxylation is 1. The van der Waals surface area contributed by atoms with Crippen molar-refractivity contribution in [1.29, 1.82) is 0 Å². The van der Waals surface area contributed by atoms with Crippen molar-refractivity contribution in [3.63, 3.8) is 0 Å². The van der Waals surface area contributed by atoms with Gasteiger partial charge in [-0.1, -0.05) is 29.2 Å². The molecule has 0 saturated heterocycles. The van der Waals surface area contributed by atoms with E-state index in [1.807, 2.05) is 19.1 Å². The molecule has 0 spiro atoms. The van der Waals surface area contributed by atoms with Gasteiger partial charge in [0.25, 0.3) is 0 Å². The van der Waals surface area contributed by atoms with Crippen molar-refractivity contribution in [1.82, 2.24) is 15.1 Å². The fourth-order valence-corrected chi connectivity index (χ4v) is 4.64. The molecule has 0 aliphatic carbocycles. The van der Waals surface area contributed by atoms with E-state index in [9.17, 15) is 4.79 Å². The summed E-state index contributed by atoms with van der Waals surface area (Å²) in [4.78, 5) is 15.2. The van der Waals surface area contributed by atoms with Crippen LogP contribution in [0.3, 0.4) is 0 Å². The molecule has 0 radical (unpaired) electrons. The highest BCUT2D eigenvalue weighted by molar-refractivity contribution is 8.01. The minimum absolute atomic E-state index is 0.0338. The molecule has 3 rings (SSSR count). The Morgan fingerprint density at radius 2 is 2.23 bits per heavy atom. The van der Waals surface area contributed by atoms with Gasteiger partial charge in [-0.05, 0) is 36.9 Å². The molecule has 3 aromatic heterocycles.